The van der Waals surface area contributed by atoms with Crippen LogP contribution in [0.3, 0.4) is 0 Å². The van der Waals surface area contributed by atoms with Crippen molar-refractivity contribution in [1.82, 2.24) is 5.43 Å². The molecule has 0 bridgehead atoms. The zero-order chi connectivity index (χ0) is 12.8. The highest BCUT2D eigenvalue weighted by Crippen LogP contribution is 2.14. The number of nitrogens with one attached hydrogen (secondary N) is 1. The van der Waals surface area contributed by atoms with Gasteiger partial charge < -0.3 is 9.47 Å². The third-order valence-electron chi connectivity index (χ3n) is 2.76. The molecule has 1 rings (SSSR count). The molecule has 1 unspecified atom stereocenters. The van der Waals surface area contributed by atoms with Crippen LogP contribution in [0.2, 0.25) is 0 Å². The summed E-state index contributed by atoms with van der Waals surface area (Å²) in [4.78, 5) is 0. The molecule has 1 aromatic rings. The number of rotatable bonds is 6. The highest BCUT2D eigenvalue weighted by molar-refractivity contribution is 5.27. The zero-order valence-corrected chi connectivity index (χ0v) is 10.4. The number of hydrazine groups is 1. The lowest BCUT2D eigenvalue weighted by atomic mass is 10.0. The first kappa shape index (κ1) is 14.1. The van der Waals surface area contributed by atoms with Crippen molar-refractivity contribution in [3.05, 3.63) is 35.1 Å². The molecule has 3 N–H and O–H groups in total. The predicted molar refractivity (Wildman–Crippen MR) is 63.8 cm³/mol. The van der Waals surface area contributed by atoms with Gasteiger partial charge in [0.15, 0.2) is 6.29 Å². The minimum atomic E-state index is -0.470. The van der Waals surface area contributed by atoms with Gasteiger partial charge in [0.05, 0.1) is 6.04 Å². The molecule has 4 nitrogen and oxygen atoms in total. The van der Waals surface area contributed by atoms with Gasteiger partial charge >= 0.3 is 0 Å². The Kier molecular flexibility index (Phi) is 5.50. The van der Waals surface area contributed by atoms with Crippen LogP contribution in [0.1, 0.15) is 11.1 Å². The molecule has 17 heavy (non-hydrogen) atoms. The summed E-state index contributed by atoms with van der Waals surface area (Å²) in [5, 5.41) is 0. The predicted octanol–water partition coefficient (Wildman–Crippen LogP) is 1.13. The molecule has 0 saturated heterocycles. The maximum Gasteiger partial charge on any atom is 0.173 e. The molecular formula is C12H19FN2O2. The van der Waals surface area contributed by atoms with Crippen LogP contribution in [0.15, 0.2) is 18.2 Å². The standard InChI is InChI=1S/C12H19FN2O2/c1-8-4-5-10(13)6-9(8)7-11(15-14)12(16-2)17-3/h4-6,11-12,15H,7,14H2,1-3H3. The van der Waals surface area contributed by atoms with Crippen molar-refractivity contribution < 1.29 is 13.9 Å². The van der Waals surface area contributed by atoms with Crippen LogP contribution in [-0.4, -0.2) is 26.6 Å². The summed E-state index contributed by atoms with van der Waals surface area (Å²) in [5.41, 5.74) is 4.52. The van der Waals surface area contributed by atoms with Crippen LogP contribution in [0.25, 0.3) is 0 Å². The lowest BCUT2D eigenvalue weighted by Crippen LogP contribution is -2.47. The van der Waals surface area contributed by atoms with Gasteiger partial charge in [0.1, 0.15) is 5.82 Å². The lowest BCUT2D eigenvalue weighted by Gasteiger charge is -2.24. The van der Waals surface area contributed by atoms with Crippen molar-refractivity contribution in [3.63, 3.8) is 0 Å². The van der Waals surface area contributed by atoms with Gasteiger partial charge in [-0.25, -0.2) is 4.39 Å². The first-order valence-electron chi connectivity index (χ1n) is 5.39. The van der Waals surface area contributed by atoms with Gasteiger partial charge in [-0.3, -0.25) is 11.3 Å². The van der Waals surface area contributed by atoms with E-state index in [-0.39, 0.29) is 11.9 Å². The second kappa shape index (κ2) is 6.66. The van der Waals surface area contributed by atoms with Crippen molar-refractivity contribution >= 4 is 0 Å². The number of hydrogen-bond acceptors (Lipinski definition) is 4. The molecule has 0 aliphatic carbocycles. The van der Waals surface area contributed by atoms with Gasteiger partial charge in [0.2, 0.25) is 0 Å². The smallest absolute Gasteiger partial charge is 0.173 e. The molecule has 96 valence electrons. The van der Waals surface area contributed by atoms with Gasteiger partial charge in [0.25, 0.3) is 0 Å². The van der Waals surface area contributed by atoms with Crippen LogP contribution in [0.4, 0.5) is 4.39 Å². The summed E-state index contributed by atoms with van der Waals surface area (Å²) >= 11 is 0. The van der Waals surface area contributed by atoms with Gasteiger partial charge in [-0.15, -0.1) is 0 Å². The molecule has 0 aromatic heterocycles. The van der Waals surface area contributed by atoms with Gasteiger partial charge in [-0.1, -0.05) is 6.07 Å². The maximum atomic E-state index is 13.2. The molecule has 1 aromatic carbocycles. The highest BCUT2D eigenvalue weighted by Gasteiger charge is 2.20. The number of hydrogen-bond donors (Lipinski definition) is 2. The zero-order valence-electron chi connectivity index (χ0n) is 10.4. The molecular weight excluding hydrogens is 223 g/mol. The van der Waals surface area contributed by atoms with E-state index in [9.17, 15) is 4.39 Å². The van der Waals surface area contributed by atoms with Crippen LogP contribution in [0.5, 0.6) is 0 Å². The lowest BCUT2D eigenvalue weighted by molar-refractivity contribution is -0.122. The number of aryl methyl sites for hydroxylation is 1. The Bertz CT molecular complexity index is 356. The number of nitrogens with two attached hydrogens (primary N) is 1. The van der Waals surface area contributed by atoms with Gasteiger partial charge in [-0.2, -0.15) is 0 Å². The molecule has 5 heteroatoms. The van der Waals surface area contributed by atoms with Gasteiger partial charge in [-0.05, 0) is 36.6 Å². The Hall–Kier alpha value is -1.01. The molecule has 0 saturated carbocycles. The number of methoxy groups -OCH3 is 2. The highest BCUT2D eigenvalue weighted by atomic mass is 19.1. The Morgan fingerprint density at radius 1 is 1.35 bits per heavy atom. The number of halogens is 1. The topological polar surface area (TPSA) is 56.5 Å². The minimum absolute atomic E-state index is 0.231. The largest absolute Gasteiger partial charge is 0.354 e. The van der Waals surface area contributed by atoms with Crippen molar-refractivity contribution in [1.29, 1.82) is 0 Å². The minimum Gasteiger partial charge on any atom is -0.354 e. The average Bonchev–Trinajstić information content (AvgIpc) is 2.33. The molecule has 0 radical (unpaired) electrons. The van der Waals surface area contributed by atoms with E-state index in [1.165, 1.54) is 26.4 Å². The van der Waals surface area contributed by atoms with E-state index in [1.807, 2.05) is 6.92 Å². The summed E-state index contributed by atoms with van der Waals surface area (Å²) < 4.78 is 23.4. The Labute approximate surface area is 101 Å². The first-order chi connectivity index (χ1) is 8.12. The van der Waals surface area contributed by atoms with E-state index in [4.69, 9.17) is 15.3 Å². The summed E-state index contributed by atoms with van der Waals surface area (Å²) in [7, 11) is 3.08. The summed E-state index contributed by atoms with van der Waals surface area (Å²) in [6.07, 6.45) is 0.0644. The second-order valence-corrected chi connectivity index (χ2v) is 3.89. The van der Waals surface area contributed by atoms with Crippen molar-refractivity contribution in [3.8, 4) is 0 Å². The Morgan fingerprint density at radius 3 is 2.53 bits per heavy atom. The van der Waals surface area contributed by atoms with E-state index >= 15 is 0 Å². The Morgan fingerprint density at radius 2 is 2.00 bits per heavy atom. The summed E-state index contributed by atoms with van der Waals surface area (Å²) in [6.45, 7) is 1.93. The van der Waals surface area contributed by atoms with Crippen LogP contribution in [0, 0.1) is 12.7 Å². The van der Waals surface area contributed by atoms with E-state index < -0.39 is 6.29 Å². The van der Waals surface area contributed by atoms with Crippen molar-refractivity contribution in [2.45, 2.75) is 25.7 Å². The second-order valence-electron chi connectivity index (χ2n) is 3.89. The van der Waals surface area contributed by atoms with E-state index in [2.05, 4.69) is 5.43 Å². The van der Waals surface area contributed by atoms with Crippen LogP contribution >= 0.6 is 0 Å². The quantitative estimate of drug-likeness (QED) is 0.446. The summed E-state index contributed by atoms with van der Waals surface area (Å²) in [5.74, 6) is 5.20. The van der Waals surface area contributed by atoms with Crippen molar-refractivity contribution in [2.75, 3.05) is 14.2 Å². The normalized spacial score (nSPS) is 13.1. The molecule has 0 aliphatic rings. The number of ether oxygens (including phenoxy) is 2. The SMILES string of the molecule is COC(OC)C(Cc1cc(F)ccc1C)NN. The summed E-state index contributed by atoms with van der Waals surface area (Å²) in [6, 6.07) is 4.45. The average molecular weight is 242 g/mol. The fourth-order valence-corrected chi connectivity index (χ4v) is 1.76. The van der Waals surface area contributed by atoms with E-state index in [0.717, 1.165) is 11.1 Å². The fourth-order valence-electron chi connectivity index (χ4n) is 1.76. The van der Waals surface area contributed by atoms with E-state index in [0.29, 0.717) is 6.42 Å². The molecule has 0 heterocycles. The third-order valence-corrected chi connectivity index (χ3v) is 2.76. The van der Waals surface area contributed by atoms with Gasteiger partial charge in [0, 0.05) is 14.2 Å². The first-order valence-corrected chi connectivity index (χ1v) is 5.39. The van der Waals surface area contributed by atoms with E-state index in [1.54, 1.807) is 6.07 Å². The molecule has 0 amide bonds. The monoisotopic (exact) mass is 242 g/mol. The number of benzene rings is 1. The fraction of sp³-hybridized carbons (Fsp3) is 0.500. The molecule has 0 spiro atoms. The third kappa shape index (κ3) is 3.74. The molecule has 0 aliphatic heterocycles. The maximum absolute atomic E-state index is 13.2. The van der Waals surface area contributed by atoms with Crippen molar-refractivity contribution in [2.24, 2.45) is 5.84 Å². The molecule has 1 atom stereocenters. The molecule has 0 fully saturated rings. The van der Waals surface area contributed by atoms with Crippen LogP contribution in [-0.2, 0) is 15.9 Å². The Balaban J connectivity index is 2.83. The van der Waals surface area contributed by atoms with Crippen LogP contribution < -0.4 is 11.3 Å².